The lowest BCUT2D eigenvalue weighted by Crippen LogP contribution is -2.32. The summed E-state index contributed by atoms with van der Waals surface area (Å²) in [7, 11) is 0. The van der Waals surface area contributed by atoms with Crippen molar-refractivity contribution >= 4 is 34.8 Å². The van der Waals surface area contributed by atoms with E-state index in [1.165, 1.54) is 0 Å². The lowest BCUT2D eigenvalue weighted by Gasteiger charge is -2.18. The Labute approximate surface area is 120 Å². The molecular weight excluding hydrogens is 272 g/mol. The SMILES string of the molecule is O=C1CCC(C(=O)Nc2ccc3c(c2)CCC(=O)N3)=NN1. The first-order valence-electron chi connectivity index (χ1n) is 6.71. The van der Waals surface area contributed by atoms with Crippen LogP contribution >= 0.6 is 0 Å². The third kappa shape index (κ3) is 2.91. The van der Waals surface area contributed by atoms with Crippen LogP contribution in [0.5, 0.6) is 0 Å². The number of hydrogen-bond donors (Lipinski definition) is 3. The van der Waals surface area contributed by atoms with Crippen LogP contribution in [0.4, 0.5) is 11.4 Å². The lowest BCUT2D eigenvalue weighted by molar-refractivity contribution is -0.121. The number of nitrogens with zero attached hydrogens (tertiary/aromatic N) is 1. The van der Waals surface area contributed by atoms with Crippen molar-refractivity contribution in [3.8, 4) is 0 Å². The van der Waals surface area contributed by atoms with Crippen LogP contribution in [0.3, 0.4) is 0 Å². The van der Waals surface area contributed by atoms with Crippen LogP contribution in [-0.2, 0) is 20.8 Å². The molecule has 0 bridgehead atoms. The van der Waals surface area contributed by atoms with E-state index in [1.807, 2.05) is 6.07 Å². The van der Waals surface area contributed by atoms with Crippen molar-refractivity contribution in [3.05, 3.63) is 23.8 Å². The Balaban J connectivity index is 1.72. The van der Waals surface area contributed by atoms with Gasteiger partial charge in [-0.15, -0.1) is 0 Å². The number of aryl methyl sites for hydroxylation is 1. The highest BCUT2D eigenvalue weighted by atomic mass is 16.2. The van der Waals surface area contributed by atoms with Crippen LogP contribution in [0.15, 0.2) is 23.3 Å². The molecule has 21 heavy (non-hydrogen) atoms. The standard InChI is InChI=1S/C14H14N4O3/c19-12-5-1-8-7-9(2-3-10(8)16-12)15-14(21)11-4-6-13(20)18-17-11/h2-3,7H,1,4-6H2,(H,15,21)(H,16,19)(H,18,20). The predicted molar refractivity (Wildman–Crippen MR) is 76.8 cm³/mol. The van der Waals surface area contributed by atoms with Crippen LogP contribution in [0, 0.1) is 0 Å². The molecule has 0 atom stereocenters. The molecule has 0 unspecified atom stereocenters. The zero-order valence-electron chi connectivity index (χ0n) is 11.2. The van der Waals surface area contributed by atoms with Crippen LogP contribution < -0.4 is 16.1 Å². The number of hydrazone groups is 1. The van der Waals surface area contributed by atoms with E-state index in [2.05, 4.69) is 21.2 Å². The second-order valence-electron chi connectivity index (χ2n) is 4.97. The second kappa shape index (κ2) is 5.35. The smallest absolute Gasteiger partial charge is 0.271 e. The Morgan fingerprint density at radius 3 is 2.67 bits per heavy atom. The quantitative estimate of drug-likeness (QED) is 0.749. The van der Waals surface area contributed by atoms with Gasteiger partial charge in [0.2, 0.25) is 11.8 Å². The van der Waals surface area contributed by atoms with Gasteiger partial charge in [-0.1, -0.05) is 0 Å². The van der Waals surface area contributed by atoms with Crippen LogP contribution in [0.1, 0.15) is 24.8 Å². The number of fused-ring (bicyclic) bond motifs is 1. The molecule has 7 nitrogen and oxygen atoms in total. The highest BCUT2D eigenvalue weighted by Crippen LogP contribution is 2.25. The first-order chi connectivity index (χ1) is 10.1. The highest BCUT2D eigenvalue weighted by molar-refractivity contribution is 6.43. The number of carbonyl (C=O) groups excluding carboxylic acids is 3. The van der Waals surface area contributed by atoms with Crippen molar-refractivity contribution in [1.82, 2.24) is 5.43 Å². The number of rotatable bonds is 2. The van der Waals surface area contributed by atoms with Gasteiger partial charge in [0.05, 0.1) is 0 Å². The van der Waals surface area contributed by atoms with Crippen molar-refractivity contribution in [2.45, 2.75) is 25.7 Å². The summed E-state index contributed by atoms with van der Waals surface area (Å²) in [4.78, 5) is 34.3. The molecule has 108 valence electrons. The molecule has 0 saturated carbocycles. The summed E-state index contributed by atoms with van der Waals surface area (Å²) in [5.41, 5.74) is 5.02. The van der Waals surface area contributed by atoms with Gasteiger partial charge >= 0.3 is 0 Å². The fourth-order valence-corrected chi connectivity index (χ4v) is 2.30. The van der Waals surface area contributed by atoms with E-state index < -0.39 is 0 Å². The lowest BCUT2D eigenvalue weighted by atomic mass is 10.0. The summed E-state index contributed by atoms with van der Waals surface area (Å²) < 4.78 is 0. The topological polar surface area (TPSA) is 99.7 Å². The van der Waals surface area contributed by atoms with Crippen LogP contribution in [-0.4, -0.2) is 23.4 Å². The van der Waals surface area contributed by atoms with Crippen molar-refractivity contribution in [2.24, 2.45) is 5.10 Å². The van der Waals surface area contributed by atoms with E-state index in [9.17, 15) is 14.4 Å². The van der Waals surface area contributed by atoms with E-state index in [4.69, 9.17) is 0 Å². The third-order valence-corrected chi connectivity index (χ3v) is 3.43. The van der Waals surface area contributed by atoms with E-state index >= 15 is 0 Å². The van der Waals surface area contributed by atoms with Gasteiger partial charge < -0.3 is 10.6 Å². The summed E-state index contributed by atoms with van der Waals surface area (Å²) in [6.07, 6.45) is 1.70. The van der Waals surface area contributed by atoms with Crippen LogP contribution in [0.25, 0.3) is 0 Å². The summed E-state index contributed by atoms with van der Waals surface area (Å²) in [5, 5.41) is 9.29. The number of nitrogens with one attached hydrogen (secondary N) is 3. The minimum absolute atomic E-state index is 0.00610. The molecule has 0 saturated heterocycles. The summed E-state index contributed by atoms with van der Waals surface area (Å²) in [6, 6.07) is 5.34. The molecule has 0 aliphatic carbocycles. The maximum Gasteiger partial charge on any atom is 0.271 e. The monoisotopic (exact) mass is 286 g/mol. The Kier molecular flexibility index (Phi) is 3.39. The molecule has 3 N–H and O–H groups in total. The van der Waals surface area contributed by atoms with Crippen molar-refractivity contribution in [3.63, 3.8) is 0 Å². The fourth-order valence-electron chi connectivity index (χ4n) is 2.30. The fraction of sp³-hybridized carbons (Fsp3) is 0.286. The van der Waals surface area contributed by atoms with Crippen molar-refractivity contribution in [1.29, 1.82) is 0 Å². The van der Waals surface area contributed by atoms with Crippen molar-refractivity contribution < 1.29 is 14.4 Å². The average Bonchev–Trinajstić information content (AvgIpc) is 2.48. The average molecular weight is 286 g/mol. The van der Waals surface area contributed by atoms with Gasteiger partial charge in [0, 0.05) is 30.6 Å². The van der Waals surface area contributed by atoms with Gasteiger partial charge in [-0.2, -0.15) is 5.10 Å². The van der Waals surface area contributed by atoms with E-state index in [0.29, 0.717) is 30.7 Å². The molecule has 7 heteroatoms. The van der Waals surface area contributed by atoms with Gasteiger partial charge in [-0.3, -0.25) is 14.4 Å². The number of benzene rings is 1. The maximum atomic E-state index is 12.0. The normalized spacial score (nSPS) is 17.2. The minimum atomic E-state index is -0.324. The van der Waals surface area contributed by atoms with E-state index in [-0.39, 0.29) is 24.1 Å². The van der Waals surface area contributed by atoms with Gasteiger partial charge in [0.25, 0.3) is 5.91 Å². The molecule has 1 aromatic rings. The molecule has 0 radical (unpaired) electrons. The van der Waals surface area contributed by atoms with Crippen molar-refractivity contribution in [2.75, 3.05) is 10.6 Å². The highest BCUT2D eigenvalue weighted by Gasteiger charge is 2.19. The molecule has 2 aliphatic rings. The Hall–Kier alpha value is -2.70. The zero-order valence-corrected chi connectivity index (χ0v) is 11.2. The number of hydrogen-bond acceptors (Lipinski definition) is 4. The number of carbonyl (C=O) groups is 3. The van der Waals surface area contributed by atoms with Crippen LogP contribution in [0.2, 0.25) is 0 Å². The first-order valence-corrected chi connectivity index (χ1v) is 6.71. The largest absolute Gasteiger partial charge is 0.326 e. The number of amides is 3. The van der Waals surface area contributed by atoms with Gasteiger partial charge in [0.15, 0.2) is 0 Å². The van der Waals surface area contributed by atoms with E-state index in [0.717, 1.165) is 11.3 Å². The Morgan fingerprint density at radius 2 is 1.90 bits per heavy atom. The molecule has 3 amide bonds. The number of anilines is 2. The van der Waals surface area contributed by atoms with Gasteiger partial charge in [0.1, 0.15) is 5.71 Å². The minimum Gasteiger partial charge on any atom is -0.326 e. The second-order valence-corrected chi connectivity index (χ2v) is 4.97. The molecule has 3 rings (SSSR count). The van der Waals surface area contributed by atoms with Gasteiger partial charge in [-0.25, -0.2) is 5.43 Å². The molecule has 2 aliphatic heterocycles. The Bertz CT molecular complexity index is 666. The predicted octanol–water partition coefficient (Wildman–Crippen LogP) is 0.776. The molecule has 0 fully saturated rings. The summed E-state index contributed by atoms with van der Waals surface area (Å²) in [5.74, 6) is -0.502. The molecular formula is C14H14N4O3. The molecule has 0 aromatic heterocycles. The zero-order chi connectivity index (χ0) is 14.8. The summed E-state index contributed by atoms with van der Waals surface area (Å²) in [6.45, 7) is 0. The molecule has 0 spiro atoms. The first kappa shape index (κ1) is 13.3. The summed E-state index contributed by atoms with van der Waals surface area (Å²) >= 11 is 0. The van der Waals surface area contributed by atoms with Gasteiger partial charge in [-0.05, 0) is 30.2 Å². The molecule has 1 aromatic carbocycles. The van der Waals surface area contributed by atoms with E-state index in [1.54, 1.807) is 12.1 Å². The maximum absolute atomic E-state index is 12.0. The Morgan fingerprint density at radius 1 is 1.10 bits per heavy atom. The molecule has 2 heterocycles. The third-order valence-electron chi connectivity index (χ3n) is 3.43.